The number of carbonyl (C=O) groups is 1. The maximum atomic E-state index is 12.3. The molecule has 0 saturated heterocycles. The Morgan fingerprint density at radius 1 is 1.47 bits per heavy atom. The first-order chi connectivity index (χ1) is 9.04. The molecule has 0 bridgehead atoms. The van der Waals surface area contributed by atoms with Gasteiger partial charge in [-0.15, -0.1) is 0 Å². The van der Waals surface area contributed by atoms with E-state index in [1.165, 1.54) is 4.68 Å². The van der Waals surface area contributed by atoms with Crippen LogP contribution in [0.2, 0.25) is 0 Å². The molecule has 5 nitrogen and oxygen atoms in total. The molecule has 0 fully saturated rings. The first-order valence-corrected chi connectivity index (χ1v) is 6.71. The standard InChI is InChI=1S/C13H15BrN4O/c1-3-9-11(15)12(18(2)17-9)13(19)16-10-7-5-4-6-8(10)14/h4-7H,3,15H2,1-2H3,(H,16,19). The minimum atomic E-state index is -0.265. The van der Waals surface area contributed by atoms with Crippen molar-refractivity contribution in [2.45, 2.75) is 13.3 Å². The van der Waals surface area contributed by atoms with Crippen LogP contribution in [0.1, 0.15) is 23.1 Å². The van der Waals surface area contributed by atoms with Gasteiger partial charge in [-0.25, -0.2) is 0 Å². The van der Waals surface area contributed by atoms with E-state index in [0.717, 1.165) is 10.2 Å². The third-order valence-electron chi connectivity index (χ3n) is 2.83. The molecule has 0 aliphatic carbocycles. The zero-order valence-electron chi connectivity index (χ0n) is 10.8. The Labute approximate surface area is 119 Å². The van der Waals surface area contributed by atoms with Crippen LogP contribution in [0.25, 0.3) is 0 Å². The molecule has 19 heavy (non-hydrogen) atoms. The van der Waals surface area contributed by atoms with Crippen molar-refractivity contribution in [3.05, 3.63) is 40.1 Å². The van der Waals surface area contributed by atoms with Crippen LogP contribution in [0.15, 0.2) is 28.7 Å². The normalized spacial score (nSPS) is 10.5. The molecule has 1 heterocycles. The molecule has 3 N–H and O–H groups in total. The number of hydrogen-bond donors (Lipinski definition) is 2. The van der Waals surface area contributed by atoms with Crippen LogP contribution in [0.5, 0.6) is 0 Å². The first kappa shape index (κ1) is 13.6. The third kappa shape index (κ3) is 2.63. The van der Waals surface area contributed by atoms with E-state index >= 15 is 0 Å². The van der Waals surface area contributed by atoms with E-state index in [-0.39, 0.29) is 5.91 Å². The van der Waals surface area contributed by atoms with Gasteiger partial charge in [-0.05, 0) is 34.5 Å². The number of aryl methyl sites for hydroxylation is 2. The number of carbonyl (C=O) groups excluding carboxylic acids is 1. The van der Waals surface area contributed by atoms with Crippen LogP contribution in [-0.2, 0) is 13.5 Å². The number of amides is 1. The van der Waals surface area contributed by atoms with Gasteiger partial charge in [0.1, 0.15) is 5.69 Å². The topological polar surface area (TPSA) is 72.9 Å². The highest BCUT2D eigenvalue weighted by molar-refractivity contribution is 9.10. The summed E-state index contributed by atoms with van der Waals surface area (Å²) in [6.07, 6.45) is 0.696. The minimum Gasteiger partial charge on any atom is -0.395 e. The quantitative estimate of drug-likeness (QED) is 0.912. The molecule has 0 aliphatic heterocycles. The van der Waals surface area contributed by atoms with Gasteiger partial charge in [-0.2, -0.15) is 5.10 Å². The predicted molar refractivity (Wildman–Crippen MR) is 79.1 cm³/mol. The van der Waals surface area contributed by atoms with E-state index in [4.69, 9.17) is 5.73 Å². The molecular weight excluding hydrogens is 308 g/mol. The van der Waals surface area contributed by atoms with E-state index in [0.29, 0.717) is 23.5 Å². The van der Waals surface area contributed by atoms with Crippen LogP contribution in [0, 0.1) is 0 Å². The molecule has 2 rings (SSSR count). The smallest absolute Gasteiger partial charge is 0.276 e. The van der Waals surface area contributed by atoms with Crippen molar-refractivity contribution in [2.24, 2.45) is 7.05 Å². The van der Waals surface area contributed by atoms with E-state index in [9.17, 15) is 4.79 Å². The zero-order valence-corrected chi connectivity index (χ0v) is 12.4. The second kappa shape index (κ2) is 5.44. The summed E-state index contributed by atoms with van der Waals surface area (Å²) in [4.78, 5) is 12.3. The van der Waals surface area contributed by atoms with Gasteiger partial charge in [0.2, 0.25) is 0 Å². The molecule has 1 aromatic carbocycles. The highest BCUT2D eigenvalue weighted by atomic mass is 79.9. The second-order valence-electron chi connectivity index (χ2n) is 4.12. The lowest BCUT2D eigenvalue weighted by Gasteiger charge is -2.07. The fourth-order valence-corrected chi connectivity index (χ4v) is 2.25. The molecule has 0 atom stereocenters. The fourth-order valence-electron chi connectivity index (χ4n) is 1.87. The number of rotatable bonds is 3. The molecule has 0 radical (unpaired) electrons. The van der Waals surface area contributed by atoms with Crippen molar-refractivity contribution < 1.29 is 4.79 Å². The second-order valence-corrected chi connectivity index (χ2v) is 4.97. The van der Waals surface area contributed by atoms with Crippen molar-refractivity contribution in [3.63, 3.8) is 0 Å². The lowest BCUT2D eigenvalue weighted by molar-refractivity contribution is 0.101. The van der Waals surface area contributed by atoms with Crippen LogP contribution < -0.4 is 11.1 Å². The summed E-state index contributed by atoms with van der Waals surface area (Å²) in [5.74, 6) is -0.265. The Hall–Kier alpha value is -1.82. The van der Waals surface area contributed by atoms with Gasteiger partial charge in [-0.3, -0.25) is 9.48 Å². The molecule has 1 amide bonds. The largest absolute Gasteiger partial charge is 0.395 e. The monoisotopic (exact) mass is 322 g/mol. The Morgan fingerprint density at radius 3 is 2.74 bits per heavy atom. The van der Waals surface area contributed by atoms with E-state index in [1.807, 2.05) is 31.2 Å². The SMILES string of the molecule is CCc1nn(C)c(C(=O)Nc2ccccc2Br)c1N. The Kier molecular flexibility index (Phi) is 3.90. The number of anilines is 2. The van der Waals surface area contributed by atoms with Gasteiger partial charge in [0, 0.05) is 11.5 Å². The van der Waals surface area contributed by atoms with Crippen molar-refractivity contribution in [1.82, 2.24) is 9.78 Å². The number of nitrogens with zero attached hydrogens (tertiary/aromatic N) is 2. The molecule has 6 heteroatoms. The number of para-hydroxylation sites is 1. The van der Waals surface area contributed by atoms with Crippen molar-refractivity contribution in [1.29, 1.82) is 0 Å². The molecule has 2 aromatic rings. The molecular formula is C13H15BrN4O. The maximum Gasteiger partial charge on any atom is 0.276 e. The lowest BCUT2D eigenvalue weighted by atomic mass is 10.2. The van der Waals surface area contributed by atoms with Gasteiger partial charge in [-0.1, -0.05) is 19.1 Å². The van der Waals surface area contributed by atoms with Crippen LogP contribution >= 0.6 is 15.9 Å². The van der Waals surface area contributed by atoms with Crippen molar-refractivity contribution in [2.75, 3.05) is 11.1 Å². The van der Waals surface area contributed by atoms with Crippen LogP contribution in [0.4, 0.5) is 11.4 Å². The molecule has 0 aliphatic rings. The Balaban J connectivity index is 2.31. The van der Waals surface area contributed by atoms with Gasteiger partial charge in [0.25, 0.3) is 5.91 Å². The minimum absolute atomic E-state index is 0.265. The Bertz CT molecular complexity index is 621. The van der Waals surface area contributed by atoms with Crippen molar-refractivity contribution >= 4 is 33.2 Å². The van der Waals surface area contributed by atoms with Gasteiger partial charge in [0.05, 0.1) is 17.1 Å². The third-order valence-corrected chi connectivity index (χ3v) is 3.52. The maximum absolute atomic E-state index is 12.3. The van der Waals surface area contributed by atoms with Crippen LogP contribution in [0.3, 0.4) is 0 Å². The summed E-state index contributed by atoms with van der Waals surface area (Å²) in [5, 5.41) is 7.05. The van der Waals surface area contributed by atoms with Crippen molar-refractivity contribution in [3.8, 4) is 0 Å². The summed E-state index contributed by atoms with van der Waals surface area (Å²) >= 11 is 3.38. The van der Waals surface area contributed by atoms with E-state index in [1.54, 1.807) is 7.05 Å². The summed E-state index contributed by atoms with van der Waals surface area (Å²) in [6.45, 7) is 1.95. The molecule has 100 valence electrons. The summed E-state index contributed by atoms with van der Waals surface area (Å²) in [5.41, 5.74) is 8.21. The molecule has 0 unspecified atom stereocenters. The zero-order chi connectivity index (χ0) is 14.0. The van der Waals surface area contributed by atoms with E-state index < -0.39 is 0 Å². The Morgan fingerprint density at radius 2 is 2.16 bits per heavy atom. The van der Waals surface area contributed by atoms with Gasteiger partial charge in [0.15, 0.2) is 0 Å². The molecule has 0 spiro atoms. The first-order valence-electron chi connectivity index (χ1n) is 5.91. The summed E-state index contributed by atoms with van der Waals surface area (Å²) in [7, 11) is 1.71. The van der Waals surface area contributed by atoms with Crippen LogP contribution in [-0.4, -0.2) is 15.7 Å². The number of hydrogen-bond acceptors (Lipinski definition) is 3. The number of aromatic nitrogens is 2. The predicted octanol–water partition coefficient (Wildman–Crippen LogP) is 2.58. The summed E-state index contributed by atoms with van der Waals surface area (Å²) in [6, 6.07) is 7.41. The number of nitrogens with two attached hydrogens (primary N) is 1. The van der Waals surface area contributed by atoms with Gasteiger partial charge < -0.3 is 11.1 Å². The highest BCUT2D eigenvalue weighted by Gasteiger charge is 2.19. The number of nitrogens with one attached hydrogen (secondary N) is 1. The summed E-state index contributed by atoms with van der Waals surface area (Å²) < 4.78 is 2.33. The lowest BCUT2D eigenvalue weighted by Crippen LogP contribution is -2.17. The van der Waals surface area contributed by atoms with Gasteiger partial charge >= 0.3 is 0 Å². The number of halogens is 1. The molecule has 0 saturated carbocycles. The highest BCUT2D eigenvalue weighted by Crippen LogP contribution is 2.23. The fraction of sp³-hybridized carbons (Fsp3) is 0.231. The number of benzene rings is 1. The van der Waals surface area contributed by atoms with E-state index in [2.05, 4.69) is 26.3 Å². The number of nitrogen functional groups attached to an aromatic ring is 1. The average molecular weight is 323 g/mol. The molecule has 1 aromatic heterocycles. The average Bonchev–Trinajstić information content (AvgIpc) is 2.67.